The fourth-order valence-electron chi connectivity index (χ4n) is 9.79. The van der Waals surface area contributed by atoms with Gasteiger partial charge in [-0.2, -0.15) is 0 Å². The summed E-state index contributed by atoms with van der Waals surface area (Å²) in [6.07, 6.45) is 35.0. The van der Waals surface area contributed by atoms with E-state index in [2.05, 4.69) is 41.0 Å². The number of rotatable bonds is 50. The Morgan fingerprint density at radius 1 is 0.553 bits per heavy atom. The average Bonchev–Trinajstić information content (AvgIpc) is 3.83. The Kier molecular flexibility index (Phi) is 34.1. The standard InChI is InChI=1S/C61H100N6O9/c1-4-7-10-12-14-16-18-20-22-24-26-28-30-37-53(68)75-48-49(76-54(69)38-31-29-27-25-23-21-19-17-15-13-11-8-5-2)47-74-46-45-73-44-43-72-42-40-64-56-55(59(70)60(56)71)63-39-41-67-52(36-9-6-3)66-57-58(67)50-34-32-33-35-51(50)65-61(57)62/h32-35,49,63-64H,4-31,36-48H2,1-3H3,(H2,62,65)/t49-/m0/s1. The van der Waals surface area contributed by atoms with Gasteiger partial charge in [-0.25, -0.2) is 9.97 Å². The van der Waals surface area contributed by atoms with Crippen LogP contribution in [-0.4, -0.2) is 91.9 Å². The van der Waals surface area contributed by atoms with Crippen molar-refractivity contribution < 1.29 is 33.3 Å². The van der Waals surface area contributed by atoms with Crippen molar-refractivity contribution in [2.75, 3.05) is 75.7 Å². The van der Waals surface area contributed by atoms with Crippen LogP contribution in [0.1, 0.15) is 219 Å². The second-order valence-corrected chi connectivity index (χ2v) is 20.8. The van der Waals surface area contributed by atoms with Gasteiger partial charge in [0.25, 0.3) is 10.9 Å². The zero-order valence-corrected chi connectivity index (χ0v) is 47.5. The Bertz CT molecular complexity index is 2240. The van der Waals surface area contributed by atoms with Crippen LogP contribution >= 0.6 is 0 Å². The first-order valence-corrected chi connectivity index (χ1v) is 30.2. The predicted molar refractivity (Wildman–Crippen MR) is 310 cm³/mol. The molecule has 4 aromatic rings. The molecule has 2 heterocycles. The van der Waals surface area contributed by atoms with Crippen molar-refractivity contribution in [3.63, 3.8) is 0 Å². The summed E-state index contributed by atoms with van der Waals surface area (Å²) in [7, 11) is 0. The summed E-state index contributed by atoms with van der Waals surface area (Å²) in [4.78, 5) is 60.2. The smallest absolute Gasteiger partial charge is 0.306 e. The van der Waals surface area contributed by atoms with Crippen molar-refractivity contribution >= 4 is 51.1 Å². The number of esters is 2. The quantitative estimate of drug-likeness (QED) is 0.0215. The monoisotopic (exact) mass is 1060 g/mol. The van der Waals surface area contributed by atoms with Crippen LogP contribution < -0.4 is 27.2 Å². The topological polar surface area (TPSA) is 195 Å². The number of unbranched alkanes of at least 4 members (excludes halogenated alkanes) is 25. The Morgan fingerprint density at radius 2 is 1.03 bits per heavy atom. The summed E-state index contributed by atoms with van der Waals surface area (Å²) in [6, 6.07) is 7.85. The van der Waals surface area contributed by atoms with E-state index in [1.54, 1.807) is 0 Å². The lowest BCUT2D eigenvalue weighted by Crippen LogP contribution is -2.38. The van der Waals surface area contributed by atoms with Crippen molar-refractivity contribution in [3.05, 3.63) is 50.5 Å². The molecule has 2 aromatic carbocycles. The maximum absolute atomic E-state index is 12.9. The van der Waals surface area contributed by atoms with Crippen molar-refractivity contribution in [3.8, 4) is 0 Å². The Morgan fingerprint density at radius 3 is 1.58 bits per heavy atom. The number of pyridine rings is 1. The van der Waals surface area contributed by atoms with Gasteiger partial charge in [0.05, 0.1) is 50.7 Å². The molecule has 0 amide bonds. The number of fused-ring (bicyclic) bond motifs is 3. The number of benzene rings is 1. The third-order valence-electron chi connectivity index (χ3n) is 14.3. The van der Waals surface area contributed by atoms with Crippen molar-refractivity contribution in [1.29, 1.82) is 0 Å². The molecule has 15 nitrogen and oxygen atoms in total. The number of hydrogen-bond donors (Lipinski definition) is 3. The van der Waals surface area contributed by atoms with Crippen LogP contribution in [0, 0.1) is 0 Å². The summed E-state index contributed by atoms with van der Waals surface area (Å²) < 4.78 is 30.8. The van der Waals surface area contributed by atoms with Gasteiger partial charge >= 0.3 is 11.9 Å². The van der Waals surface area contributed by atoms with Gasteiger partial charge < -0.3 is 44.6 Å². The Labute approximate surface area is 455 Å². The number of aryl methyl sites for hydroxylation is 1. The van der Waals surface area contributed by atoms with Crippen molar-refractivity contribution in [1.82, 2.24) is 14.5 Å². The molecule has 0 fully saturated rings. The van der Waals surface area contributed by atoms with Crippen LogP contribution in [0.4, 0.5) is 17.2 Å². The molecule has 0 bridgehead atoms. The highest BCUT2D eigenvalue weighted by atomic mass is 16.6. The number of nitrogens with two attached hydrogens (primary N) is 1. The number of imidazole rings is 1. The highest BCUT2D eigenvalue weighted by Crippen LogP contribution is 2.29. The number of carbonyl (C=O) groups excluding carboxylic acids is 2. The third kappa shape index (κ3) is 25.2. The molecule has 2 aromatic heterocycles. The number of nitrogens with zero attached hydrogens (tertiary/aromatic N) is 3. The van der Waals surface area contributed by atoms with E-state index >= 15 is 0 Å². The van der Waals surface area contributed by atoms with E-state index in [0.717, 1.165) is 80.0 Å². The van der Waals surface area contributed by atoms with E-state index in [1.165, 1.54) is 128 Å². The summed E-state index contributed by atoms with van der Waals surface area (Å²) in [5, 5.41) is 7.22. The van der Waals surface area contributed by atoms with Crippen LogP contribution in [0.25, 0.3) is 21.9 Å². The summed E-state index contributed by atoms with van der Waals surface area (Å²) >= 11 is 0. The normalized spacial score (nSPS) is 12.0. The molecule has 0 saturated carbocycles. The zero-order chi connectivity index (χ0) is 54.3. The SMILES string of the molecule is CCCCCCCCCCCCCCCC(=O)OC[C@H](COCCOCCOCCNc1c(NCCn2c(CCCC)nc3c(N)nc4ccccc4c32)c(=O)c1=O)OC(=O)CCCCCCCCCCCCCCC. The number of carbonyl (C=O) groups is 2. The number of aromatic nitrogens is 3. The van der Waals surface area contributed by atoms with E-state index < -0.39 is 17.0 Å². The molecule has 0 saturated heterocycles. The number of anilines is 3. The van der Waals surface area contributed by atoms with Crippen molar-refractivity contribution in [2.45, 2.75) is 232 Å². The number of ether oxygens (including phenoxy) is 5. The maximum Gasteiger partial charge on any atom is 0.306 e. The first-order chi connectivity index (χ1) is 37.3. The molecule has 0 unspecified atom stereocenters. The number of nitrogen functional groups attached to an aromatic ring is 1. The predicted octanol–water partition coefficient (Wildman–Crippen LogP) is 13.1. The molecule has 1 atom stereocenters. The van der Waals surface area contributed by atoms with E-state index in [1.807, 2.05) is 24.3 Å². The molecular weight excluding hydrogens is 961 g/mol. The van der Waals surface area contributed by atoms with Gasteiger partial charge in [-0.1, -0.05) is 199 Å². The number of hydrogen-bond acceptors (Lipinski definition) is 14. The maximum atomic E-state index is 12.9. The third-order valence-corrected chi connectivity index (χ3v) is 14.3. The van der Waals surface area contributed by atoms with E-state index in [-0.39, 0.29) is 43.1 Å². The van der Waals surface area contributed by atoms with Gasteiger partial charge in [0.15, 0.2) is 11.9 Å². The fourth-order valence-corrected chi connectivity index (χ4v) is 9.79. The molecule has 0 aliphatic carbocycles. The van der Waals surface area contributed by atoms with Gasteiger partial charge in [-0.3, -0.25) is 19.2 Å². The van der Waals surface area contributed by atoms with Gasteiger partial charge in [0.1, 0.15) is 29.3 Å². The molecule has 4 N–H and O–H groups in total. The molecule has 0 radical (unpaired) electrons. The van der Waals surface area contributed by atoms with Crippen LogP contribution in [0.15, 0.2) is 33.9 Å². The lowest BCUT2D eigenvalue weighted by molar-refractivity contribution is -0.163. The second kappa shape index (κ2) is 40.6. The van der Waals surface area contributed by atoms with Crippen molar-refractivity contribution in [2.24, 2.45) is 0 Å². The number of para-hydroxylation sites is 1. The first kappa shape index (κ1) is 63.9. The van der Waals surface area contributed by atoms with Crippen LogP contribution in [-0.2, 0) is 46.2 Å². The lowest BCUT2D eigenvalue weighted by atomic mass is 10.0. The van der Waals surface area contributed by atoms with Crippen LogP contribution in [0.5, 0.6) is 0 Å². The molecule has 0 spiro atoms. The Hall–Kier alpha value is -4.60. The fraction of sp³-hybridized carbons (Fsp3) is 0.738. The highest BCUT2D eigenvalue weighted by molar-refractivity contribution is 6.06. The zero-order valence-electron chi connectivity index (χ0n) is 47.5. The molecule has 428 valence electrons. The van der Waals surface area contributed by atoms with Gasteiger partial charge in [-0.05, 0) is 25.3 Å². The average molecular weight is 1060 g/mol. The molecule has 0 aliphatic rings. The highest BCUT2D eigenvalue weighted by Gasteiger charge is 2.22. The Balaban J connectivity index is 1.09. The first-order valence-electron chi connectivity index (χ1n) is 30.2. The lowest BCUT2D eigenvalue weighted by Gasteiger charge is -2.18. The molecule has 0 aliphatic heterocycles. The largest absolute Gasteiger partial charge is 0.462 e. The minimum absolute atomic E-state index is 0.0346. The minimum Gasteiger partial charge on any atom is -0.462 e. The van der Waals surface area contributed by atoms with Crippen LogP contribution in [0.2, 0.25) is 0 Å². The summed E-state index contributed by atoms with van der Waals surface area (Å²) in [5.41, 5.74) is 8.17. The van der Waals surface area contributed by atoms with Gasteiger partial charge in [-0.15, -0.1) is 0 Å². The number of nitrogens with one attached hydrogen (secondary N) is 2. The minimum atomic E-state index is -0.691. The summed E-state index contributed by atoms with van der Waals surface area (Å²) in [5.74, 6) is 0.729. The summed E-state index contributed by atoms with van der Waals surface area (Å²) in [6.45, 7) is 9.47. The molecule has 76 heavy (non-hydrogen) atoms. The van der Waals surface area contributed by atoms with Gasteiger partial charge in [0, 0.05) is 44.3 Å². The van der Waals surface area contributed by atoms with E-state index in [4.69, 9.17) is 34.4 Å². The van der Waals surface area contributed by atoms with Gasteiger partial charge in [0.2, 0.25) is 0 Å². The van der Waals surface area contributed by atoms with E-state index in [0.29, 0.717) is 70.2 Å². The molecule has 4 rings (SSSR count). The molecular formula is C61H100N6O9. The van der Waals surface area contributed by atoms with Crippen LogP contribution in [0.3, 0.4) is 0 Å². The second-order valence-electron chi connectivity index (χ2n) is 20.8. The van der Waals surface area contributed by atoms with E-state index in [9.17, 15) is 19.2 Å². The molecule has 15 heteroatoms.